The number of nitrogens with zero attached hydrogens (tertiary/aromatic N) is 1. The van der Waals surface area contributed by atoms with Gasteiger partial charge in [0.1, 0.15) is 10.6 Å². The number of sulfonamides is 1. The summed E-state index contributed by atoms with van der Waals surface area (Å²) in [6.07, 6.45) is 1.23. The molecule has 23 heavy (non-hydrogen) atoms. The van der Waals surface area contributed by atoms with Crippen LogP contribution in [0.5, 0.6) is 5.75 Å². The summed E-state index contributed by atoms with van der Waals surface area (Å²) in [5.74, 6) is 1.84. The zero-order chi connectivity index (χ0) is 16.6. The number of ether oxygens (including phenoxy) is 1. The van der Waals surface area contributed by atoms with Crippen molar-refractivity contribution in [2.24, 2.45) is 0 Å². The van der Waals surface area contributed by atoms with Crippen molar-refractivity contribution in [2.45, 2.75) is 4.90 Å². The van der Waals surface area contributed by atoms with Gasteiger partial charge in [-0.25, -0.2) is 8.42 Å². The SMILES string of the molecule is COc1cc(Cl)cc2c(=O)c(S(=O)(=O)N3CCSCC3)c[nH]c12. The predicted octanol–water partition coefficient (Wildman–Crippen LogP) is 1.93. The van der Waals surface area contributed by atoms with Crippen LogP contribution in [-0.4, -0.2) is 49.4 Å². The fraction of sp³-hybridized carbons (Fsp3) is 0.357. The van der Waals surface area contributed by atoms with E-state index in [2.05, 4.69) is 4.98 Å². The number of methoxy groups -OCH3 is 1. The molecule has 0 atom stereocenters. The maximum atomic E-state index is 12.7. The third kappa shape index (κ3) is 2.96. The van der Waals surface area contributed by atoms with Gasteiger partial charge in [0, 0.05) is 41.9 Å². The molecule has 1 fully saturated rings. The first kappa shape index (κ1) is 16.6. The monoisotopic (exact) mass is 374 g/mol. The molecule has 0 bridgehead atoms. The van der Waals surface area contributed by atoms with Crippen LogP contribution in [0.3, 0.4) is 0 Å². The Labute approximate surface area is 142 Å². The minimum atomic E-state index is -3.82. The van der Waals surface area contributed by atoms with Crippen LogP contribution >= 0.6 is 23.4 Å². The van der Waals surface area contributed by atoms with E-state index in [9.17, 15) is 13.2 Å². The topological polar surface area (TPSA) is 79.5 Å². The highest BCUT2D eigenvalue weighted by Gasteiger charge is 2.29. The summed E-state index contributed by atoms with van der Waals surface area (Å²) >= 11 is 7.69. The standard InChI is InChI=1S/C14H15ClN2O4S2/c1-21-11-7-9(15)6-10-13(11)16-8-12(14(10)18)23(19,20)17-2-4-22-5-3-17/h6-8H,2-5H2,1H3,(H,16,18). The molecule has 0 saturated carbocycles. The molecule has 0 aliphatic carbocycles. The zero-order valence-corrected chi connectivity index (χ0v) is 14.7. The fourth-order valence-electron chi connectivity index (χ4n) is 2.52. The van der Waals surface area contributed by atoms with Crippen LogP contribution in [0.2, 0.25) is 5.02 Å². The van der Waals surface area contributed by atoms with Crippen molar-refractivity contribution >= 4 is 44.3 Å². The van der Waals surface area contributed by atoms with Crippen LogP contribution in [0.1, 0.15) is 0 Å². The molecule has 9 heteroatoms. The van der Waals surface area contributed by atoms with Gasteiger partial charge in [0.25, 0.3) is 0 Å². The number of aromatic nitrogens is 1. The summed E-state index contributed by atoms with van der Waals surface area (Å²) in [6.45, 7) is 0.812. The van der Waals surface area contributed by atoms with Crippen molar-refractivity contribution in [2.75, 3.05) is 31.7 Å². The second-order valence-electron chi connectivity index (χ2n) is 5.03. The fourth-order valence-corrected chi connectivity index (χ4v) is 5.36. The Bertz CT molecular complexity index is 905. The minimum absolute atomic E-state index is 0.196. The first-order chi connectivity index (χ1) is 10.9. The maximum Gasteiger partial charge on any atom is 0.248 e. The summed E-state index contributed by atoms with van der Waals surface area (Å²) in [6, 6.07) is 3.01. The average molecular weight is 375 g/mol. The van der Waals surface area contributed by atoms with Crippen molar-refractivity contribution in [3.8, 4) is 5.75 Å². The lowest BCUT2D eigenvalue weighted by Gasteiger charge is -2.25. The molecule has 2 aromatic rings. The van der Waals surface area contributed by atoms with Crippen LogP contribution in [0, 0.1) is 0 Å². The smallest absolute Gasteiger partial charge is 0.248 e. The Kier molecular flexibility index (Phi) is 4.59. The molecular formula is C14H15ClN2O4S2. The zero-order valence-electron chi connectivity index (χ0n) is 12.3. The predicted molar refractivity (Wildman–Crippen MR) is 92.2 cm³/mol. The van der Waals surface area contributed by atoms with Crippen LogP contribution < -0.4 is 10.2 Å². The molecule has 1 aromatic carbocycles. The highest BCUT2D eigenvalue weighted by Crippen LogP contribution is 2.27. The van der Waals surface area contributed by atoms with Gasteiger partial charge in [0.2, 0.25) is 15.5 Å². The average Bonchev–Trinajstić information content (AvgIpc) is 2.55. The summed E-state index contributed by atoms with van der Waals surface area (Å²) in [4.78, 5) is 15.3. The van der Waals surface area contributed by atoms with Crippen molar-refractivity contribution in [3.63, 3.8) is 0 Å². The summed E-state index contributed by atoms with van der Waals surface area (Å²) < 4.78 is 32.0. The number of nitrogens with one attached hydrogen (secondary N) is 1. The van der Waals surface area contributed by atoms with Crippen molar-refractivity contribution in [1.82, 2.24) is 9.29 Å². The third-order valence-electron chi connectivity index (χ3n) is 3.69. The largest absolute Gasteiger partial charge is 0.494 e. The van der Waals surface area contributed by atoms with Crippen LogP contribution in [0.25, 0.3) is 10.9 Å². The van der Waals surface area contributed by atoms with Crippen LogP contribution in [0.4, 0.5) is 0 Å². The highest BCUT2D eigenvalue weighted by molar-refractivity contribution is 7.99. The van der Waals surface area contributed by atoms with E-state index in [0.717, 1.165) is 11.5 Å². The van der Waals surface area contributed by atoms with Gasteiger partial charge in [-0.2, -0.15) is 16.1 Å². The van der Waals surface area contributed by atoms with Crippen LogP contribution in [-0.2, 0) is 10.0 Å². The molecule has 1 saturated heterocycles. The molecular weight excluding hydrogens is 360 g/mol. The molecule has 124 valence electrons. The van der Waals surface area contributed by atoms with E-state index < -0.39 is 15.5 Å². The van der Waals surface area contributed by atoms with E-state index in [1.807, 2.05) is 0 Å². The molecule has 1 N–H and O–H groups in total. The maximum absolute atomic E-state index is 12.7. The van der Waals surface area contributed by atoms with E-state index in [4.69, 9.17) is 16.3 Å². The molecule has 3 rings (SSSR count). The van der Waals surface area contributed by atoms with Gasteiger partial charge in [-0.3, -0.25) is 4.79 Å². The Morgan fingerprint density at radius 2 is 2.00 bits per heavy atom. The number of aromatic amines is 1. The lowest BCUT2D eigenvalue weighted by molar-refractivity contribution is 0.418. The van der Waals surface area contributed by atoms with Crippen molar-refractivity contribution < 1.29 is 13.2 Å². The Morgan fingerprint density at radius 3 is 2.65 bits per heavy atom. The summed E-state index contributed by atoms with van der Waals surface area (Å²) in [5, 5.41) is 0.505. The number of fused-ring (bicyclic) bond motifs is 1. The number of halogens is 1. The lowest BCUT2D eigenvalue weighted by Crippen LogP contribution is -2.39. The number of hydrogen-bond donors (Lipinski definition) is 1. The van der Waals surface area contributed by atoms with Gasteiger partial charge in [-0.1, -0.05) is 11.6 Å². The summed E-state index contributed by atoms with van der Waals surface area (Å²) in [5.41, 5.74) is -0.146. The third-order valence-corrected chi connectivity index (χ3v) is 6.76. The number of rotatable bonds is 3. The minimum Gasteiger partial charge on any atom is -0.494 e. The van der Waals surface area contributed by atoms with E-state index in [0.29, 0.717) is 29.4 Å². The Hall–Kier alpha value is -1.22. The normalized spacial score (nSPS) is 16.6. The van der Waals surface area contributed by atoms with Gasteiger partial charge < -0.3 is 9.72 Å². The van der Waals surface area contributed by atoms with Gasteiger partial charge in [-0.15, -0.1) is 0 Å². The van der Waals surface area contributed by atoms with Crippen molar-refractivity contribution in [3.05, 3.63) is 33.6 Å². The summed E-state index contributed by atoms with van der Waals surface area (Å²) in [7, 11) is -2.37. The molecule has 0 radical (unpaired) electrons. The number of H-pyrrole nitrogens is 1. The molecule has 0 spiro atoms. The number of thioether (sulfide) groups is 1. The van der Waals surface area contributed by atoms with E-state index >= 15 is 0 Å². The van der Waals surface area contributed by atoms with Crippen LogP contribution in [0.15, 0.2) is 28.0 Å². The molecule has 6 nitrogen and oxygen atoms in total. The molecule has 1 aromatic heterocycles. The van der Waals surface area contributed by atoms with E-state index in [-0.39, 0.29) is 10.3 Å². The quantitative estimate of drug-likeness (QED) is 0.888. The van der Waals surface area contributed by atoms with E-state index in [1.165, 1.54) is 23.7 Å². The lowest BCUT2D eigenvalue weighted by atomic mass is 10.2. The second-order valence-corrected chi connectivity index (χ2v) is 8.60. The number of benzene rings is 1. The highest BCUT2D eigenvalue weighted by atomic mass is 35.5. The number of pyridine rings is 1. The van der Waals surface area contributed by atoms with Gasteiger partial charge in [-0.05, 0) is 6.07 Å². The molecule has 0 unspecified atom stereocenters. The molecule has 1 aliphatic heterocycles. The number of hydrogen-bond acceptors (Lipinski definition) is 5. The first-order valence-electron chi connectivity index (χ1n) is 6.92. The van der Waals surface area contributed by atoms with E-state index in [1.54, 1.807) is 17.8 Å². The van der Waals surface area contributed by atoms with Gasteiger partial charge in [0.05, 0.1) is 18.0 Å². The molecule has 2 heterocycles. The molecule has 0 amide bonds. The Morgan fingerprint density at radius 1 is 1.30 bits per heavy atom. The van der Waals surface area contributed by atoms with Gasteiger partial charge in [0.15, 0.2) is 0 Å². The van der Waals surface area contributed by atoms with Crippen molar-refractivity contribution in [1.29, 1.82) is 0 Å². The molecule has 1 aliphatic rings. The first-order valence-corrected chi connectivity index (χ1v) is 9.89. The second kappa shape index (κ2) is 6.35. The Balaban J connectivity index is 2.20. The van der Waals surface area contributed by atoms with Gasteiger partial charge >= 0.3 is 0 Å².